The van der Waals surface area contributed by atoms with E-state index in [1.54, 1.807) is 0 Å². The Hall–Kier alpha value is -3.38. The van der Waals surface area contributed by atoms with Gasteiger partial charge in [-0.2, -0.15) is 0 Å². The number of ether oxygens (including phenoxy) is 1. The first-order valence-corrected chi connectivity index (χ1v) is 10.7. The number of benzene rings is 2. The molecule has 2 aliphatic heterocycles. The number of pyridine rings is 1. The minimum absolute atomic E-state index is 0.0686. The number of fused-ring (bicyclic) bond motifs is 2. The molecule has 0 atom stereocenters. The van der Waals surface area contributed by atoms with E-state index in [-0.39, 0.29) is 19.1 Å². The molecule has 5 rings (SSSR count). The van der Waals surface area contributed by atoms with Crippen LogP contribution in [0.5, 0.6) is 5.75 Å². The van der Waals surface area contributed by atoms with Crippen LogP contribution >= 0.6 is 0 Å². The van der Waals surface area contributed by atoms with Gasteiger partial charge in [-0.05, 0) is 65.4 Å². The summed E-state index contributed by atoms with van der Waals surface area (Å²) >= 11 is 0. The zero-order valence-electron chi connectivity index (χ0n) is 17.3. The van der Waals surface area contributed by atoms with Crippen molar-refractivity contribution in [2.75, 3.05) is 31.2 Å². The van der Waals surface area contributed by atoms with Gasteiger partial charge in [-0.3, -0.25) is 4.79 Å². The highest BCUT2D eigenvalue weighted by Gasteiger charge is 2.26. The number of carbonyl (C=O) groups excluding carboxylic acids is 1. The van der Waals surface area contributed by atoms with Gasteiger partial charge < -0.3 is 20.1 Å². The lowest BCUT2D eigenvalue weighted by Crippen LogP contribution is -2.27. The van der Waals surface area contributed by atoms with Crippen molar-refractivity contribution in [2.45, 2.75) is 19.3 Å². The molecule has 0 bridgehead atoms. The molecule has 2 aromatic carbocycles. The molecule has 0 aliphatic carbocycles. The Kier molecular flexibility index (Phi) is 5.30. The van der Waals surface area contributed by atoms with Gasteiger partial charge in [-0.25, -0.2) is 4.98 Å². The standard InChI is InChI=1S/C25H25N3O3/c29-12-10-27-25(30)21-2-1-3-22-20(21)7-11-28(22)24-16-18(6-9-26-24)14-17-4-5-23-19(15-17)8-13-31-23/h1-6,9,15-16,29H,7-8,10-14H2,(H,27,30). The number of amides is 1. The summed E-state index contributed by atoms with van der Waals surface area (Å²) in [5.74, 6) is 1.76. The van der Waals surface area contributed by atoms with Crippen molar-refractivity contribution >= 4 is 17.4 Å². The van der Waals surface area contributed by atoms with Crippen molar-refractivity contribution in [1.82, 2.24) is 10.3 Å². The molecular weight excluding hydrogens is 390 g/mol. The Morgan fingerprint density at radius 3 is 2.94 bits per heavy atom. The summed E-state index contributed by atoms with van der Waals surface area (Å²) in [4.78, 5) is 19.3. The Morgan fingerprint density at radius 1 is 1.13 bits per heavy atom. The highest BCUT2D eigenvalue weighted by molar-refractivity contribution is 5.98. The van der Waals surface area contributed by atoms with Crippen LogP contribution in [0, 0.1) is 0 Å². The Bertz CT molecular complexity index is 1130. The number of rotatable bonds is 6. The molecule has 1 aromatic heterocycles. The molecule has 0 radical (unpaired) electrons. The molecule has 1 amide bonds. The number of aliphatic hydroxyl groups is 1. The highest BCUT2D eigenvalue weighted by atomic mass is 16.5. The zero-order chi connectivity index (χ0) is 21.2. The average Bonchev–Trinajstić information content (AvgIpc) is 3.44. The van der Waals surface area contributed by atoms with Gasteiger partial charge in [0, 0.05) is 37.0 Å². The topological polar surface area (TPSA) is 74.7 Å². The van der Waals surface area contributed by atoms with E-state index < -0.39 is 0 Å². The maximum Gasteiger partial charge on any atom is 0.251 e. The van der Waals surface area contributed by atoms with Gasteiger partial charge in [0.2, 0.25) is 0 Å². The molecule has 158 valence electrons. The normalized spacial score (nSPS) is 14.2. The van der Waals surface area contributed by atoms with Crippen LogP contribution in [0.4, 0.5) is 11.5 Å². The molecule has 0 fully saturated rings. The average molecular weight is 415 g/mol. The molecule has 0 saturated heterocycles. The van der Waals surface area contributed by atoms with Gasteiger partial charge in [0.1, 0.15) is 11.6 Å². The van der Waals surface area contributed by atoms with E-state index in [1.807, 2.05) is 24.4 Å². The maximum atomic E-state index is 12.5. The van der Waals surface area contributed by atoms with Gasteiger partial charge in [-0.15, -0.1) is 0 Å². The van der Waals surface area contributed by atoms with E-state index in [9.17, 15) is 4.79 Å². The first-order valence-electron chi connectivity index (χ1n) is 10.7. The van der Waals surface area contributed by atoms with Crippen LogP contribution in [0.1, 0.15) is 32.6 Å². The first kappa shape index (κ1) is 19.6. The van der Waals surface area contributed by atoms with Crippen molar-refractivity contribution in [3.05, 3.63) is 82.5 Å². The van der Waals surface area contributed by atoms with E-state index in [2.05, 4.69) is 45.5 Å². The molecule has 2 N–H and O–H groups in total. The van der Waals surface area contributed by atoms with E-state index in [0.717, 1.165) is 55.2 Å². The second kappa shape index (κ2) is 8.40. The van der Waals surface area contributed by atoms with Crippen LogP contribution < -0.4 is 15.0 Å². The summed E-state index contributed by atoms with van der Waals surface area (Å²) in [5.41, 5.74) is 6.48. The Labute approximate surface area is 181 Å². The van der Waals surface area contributed by atoms with Crippen LogP contribution in [-0.2, 0) is 19.3 Å². The Balaban J connectivity index is 1.39. The molecule has 31 heavy (non-hydrogen) atoms. The molecule has 0 unspecified atom stereocenters. The fourth-order valence-electron chi connectivity index (χ4n) is 4.45. The van der Waals surface area contributed by atoms with Crippen LogP contribution in [0.2, 0.25) is 0 Å². The summed E-state index contributed by atoms with van der Waals surface area (Å²) in [7, 11) is 0. The smallest absolute Gasteiger partial charge is 0.251 e. The third-order valence-electron chi connectivity index (χ3n) is 5.92. The second-order valence-electron chi connectivity index (χ2n) is 7.92. The molecule has 6 heteroatoms. The number of nitrogens with one attached hydrogen (secondary N) is 1. The summed E-state index contributed by atoms with van der Waals surface area (Å²) < 4.78 is 5.61. The van der Waals surface area contributed by atoms with Crippen molar-refractivity contribution in [3.8, 4) is 5.75 Å². The number of aromatic nitrogens is 1. The number of hydrogen-bond acceptors (Lipinski definition) is 5. The van der Waals surface area contributed by atoms with Crippen molar-refractivity contribution in [3.63, 3.8) is 0 Å². The number of nitrogens with zero attached hydrogens (tertiary/aromatic N) is 2. The second-order valence-corrected chi connectivity index (χ2v) is 7.92. The summed E-state index contributed by atoms with van der Waals surface area (Å²) in [6.45, 7) is 1.74. The minimum atomic E-state index is -0.143. The molecule has 3 heterocycles. The highest BCUT2D eigenvalue weighted by Crippen LogP contribution is 2.36. The zero-order valence-corrected chi connectivity index (χ0v) is 17.3. The monoisotopic (exact) mass is 415 g/mol. The summed E-state index contributed by atoms with van der Waals surface area (Å²) in [6, 6.07) is 16.4. The molecule has 2 aliphatic rings. The van der Waals surface area contributed by atoms with Gasteiger partial charge in [0.05, 0.1) is 13.2 Å². The van der Waals surface area contributed by atoms with Gasteiger partial charge in [0.15, 0.2) is 0 Å². The van der Waals surface area contributed by atoms with Crippen LogP contribution in [0.25, 0.3) is 0 Å². The summed E-state index contributed by atoms with van der Waals surface area (Å²) in [5, 5.41) is 11.7. The number of anilines is 2. The molecule has 0 spiro atoms. The van der Waals surface area contributed by atoms with Gasteiger partial charge in [-0.1, -0.05) is 18.2 Å². The van der Waals surface area contributed by atoms with E-state index >= 15 is 0 Å². The van der Waals surface area contributed by atoms with Crippen molar-refractivity contribution < 1.29 is 14.6 Å². The fourth-order valence-corrected chi connectivity index (χ4v) is 4.45. The van der Waals surface area contributed by atoms with Crippen molar-refractivity contribution in [1.29, 1.82) is 0 Å². The molecule has 6 nitrogen and oxygen atoms in total. The minimum Gasteiger partial charge on any atom is -0.493 e. The lowest BCUT2D eigenvalue weighted by Gasteiger charge is -2.19. The molecule has 3 aromatic rings. The predicted molar refractivity (Wildman–Crippen MR) is 119 cm³/mol. The SMILES string of the molecule is O=C(NCCO)c1cccc2c1CCN2c1cc(Cc2ccc3c(c2)CCO3)ccn1. The number of aliphatic hydroxyl groups excluding tert-OH is 1. The first-order chi connectivity index (χ1) is 15.2. The quantitative estimate of drug-likeness (QED) is 0.647. The Morgan fingerprint density at radius 2 is 2.03 bits per heavy atom. The van der Waals surface area contributed by atoms with E-state index in [1.165, 1.54) is 16.7 Å². The number of hydrogen-bond donors (Lipinski definition) is 2. The third-order valence-corrected chi connectivity index (χ3v) is 5.92. The van der Waals surface area contributed by atoms with Gasteiger partial charge >= 0.3 is 0 Å². The molecule has 0 saturated carbocycles. The largest absolute Gasteiger partial charge is 0.493 e. The van der Waals surface area contributed by atoms with E-state index in [0.29, 0.717) is 5.56 Å². The van der Waals surface area contributed by atoms with Crippen LogP contribution in [0.3, 0.4) is 0 Å². The van der Waals surface area contributed by atoms with Crippen LogP contribution in [0.15, 0.2) is 54.7 Å². The number of carbonyl (C=O) groups is 1. The van der Waals surface area contributed by atoms with Gasteiger partial charge in [0.25, 0.3) is 5.91 Å². The van der Waals surface area contributed by atoms with Crippen molar-refractivity contribution in [2.24, 2.45) is 0 Å². The molecular formula is C25H25N3O3. The lowest BCUT2D eigenvalue weighted by atomic mass is 10.0. The summed E-state index contributed by atoms with van der Waals surface area (Å²) in [6.07, 6.45) is 4.46. The van der Waals surface area contributed by atoms with E-state index in [4.69, 9.17) is 9.84 Å². The van der Waals surface area contributed by atoms with Crippen LogP contribution in [-0.4, -0.2) is 42.3 Å². The fraction of sp³-hybridized carbons (Fsp3) is 0.280. The third kappa shape index (κ3) is 3.86. The predicted octanol–water partition coefficient (Wildman–Crippen LogP) is 3.02. The lowest BCUT2D eigenvalue weighted by molar-refractivity contribution is 0.0944. The maximum absolute atomic E-state index is 12.5.